The molecule has 1 saturated heterocycles. The third-order valence-electron chi connectivity index (χ3n) is 2.92. The highest BCUT2D eigenvalue weighted by Gasteiger charge is 2.30. The Kier molecular flexibility index (Phi) is 3.61. The van der Waals surface area contributed by atoms with E-state index in [1.165, 1.54) is 6.07 Å². The summed E-state index contributed by atoms with van der Waals surface area (Å²) < 4.78 is 43.0. The molecule has 5 heteroatoms. The van der Waals surface area contributed by atoms with Crippen LogP contribution in [0.25, 0.3) is 5.70 Å². The fraction of sp³-hybridized carbons (Fsp3) is 0.385. The van der Waals surface area contributed by atoms with E-state index in [2.05, 4.69) is 6.58 Å². The molecule has 1 fully saturated rings. The molecule has 1 aromatic carbocycles. The Balaban J connectivity index is 2.20. The van der Waals surface area contributed by atoms with Gasteiger partial charge in [0.1, 0.15) is 0 Å². The Labute approximate surface area is 104 Å². The lowest BCUT2D eigenvalue weighted by molar-refractivity contribution is -0.137. The largest absolute Gasteiger partial charge is 0.416 e. The van der Waals surface area contributed by atoms with Gasteiger partial charge in [-0.1, -0.05) is 18.7 Å². The highest BCUT2D eigenvalue weighted by molar-refractivity contribution is 5.62. The minimum Gasteiger partial charge on any atom is -0.378 e. The summed E-state index contributed by atoms with van der Waals surface area (Å²) in [7, 11) is 0. The van der Waals surface area contributed by atoms with Crippen LogP contribution in [0, 0.1) is 0 Å². The van der Waals surface area contributed by atoms with Crippen LogP contribution in [0.1, 0.15) is 11.1 Å². The molecule has 0 amide bonds. The number of morpholine rings is 1. The van der Waals surface area contributed by atoms with Crippen molar-refractivity contribution in [2.45, 2.75) is 6.18 Å². The van der Waals surface area contributed by atoms with Crippen LogP contribution in [0.2, 0.25) is 0 Å². The molecular formula is C13H14F3NO. The van der Waals surface area contributed by atoms with E-state index in [1.54, 1.807) is 6.07 Å². The van der Waals surface area contributed by atoms with E-state index in [9.17, 15) is 13.2 Å². The lowest BCUT2D eigenvalue weighted by Gasteiger charge is -2.30. The number of alkyl halides is 3. The van der Waals surface area contributed by atoms with Crippen LogP contribution < -0.4 is 0 Å². The van der Waals surface area contributed by atoms with Gasteiger partial charge in [-0.15, -0.1) is 0 Å². The number of hydrogen-bond donors (Lipinski definition) is 0. The molecule has 1 aliphatic rings. The van der Waals surface area contributed by atoms with Crippen LogP contribution in [-0.2, 0) is 10.9 Å². The monoisotopic (exact) mass is 257 g/mol. The highest BCUT2D eigenvalue weighted by atomic mass is 19.4. The first kappa shape index (κ1) is 13.0. The molecule has 0 bridgehead atoms. The molecule has 0 radical (unpaired) electrons. The summed E-state index contributed by atoms with van der Waals surface area (Å²) in [4.78, 5) is 1.94. The molecule has 2 rings (SSSR count). The van der Waals surface area contributed by atoms with Gasteiger partial charge in [0, 0.05) is 18.8 Å². The first-order chi connectivity index (χ1) is 8.48. The smallest absolute Gasteiger partial charge is 0.378 e. The molecule has 98 valence electrons. The fourth-order valence-electron chi connectivity index (χ4n) is 1.89. The zero-order valence-electron chi connectivity index (χ0n) is 9.83. The lowest BCUT2D eigenvalue weighted by Crippen LogP contribution is -2.34. The third-order valence-corrected chi connectivity index (χ3v) is 2.92. The van der Waals surface area contributed by atoms with Crippen molar-refractivity contribution in [1.29, 1.82) is 0 Å². The second kappa shape index (κ2) is 5.02. The van der Waals surface area contributed by atoms with Crippen molar-refractivity contribution < 1.29 is 17.9 Å². The normalized spacial score (nSPS) is 16.7. The summed E-state index contributed by atoms with van der Waals surface area (Å²) in [6.45, 7) is 6.36. The number of ether oxygens (including phenoxy) is 1. The maximum absolute atomic E-state index is 12.6. The van der Waals surface area contributed by atoms with E-state index in [0.717, 1.165) is 12.1 Å². The molecular weight excluding hydrogens is 243 g/mol. The first-order valence-corrected chi connectivity index (χ1v) is 5.68. The minimum atomic E-state index is -4.32. The topological polar surface area (TPSA) is 12.5 Å². The van der Waals surface area contributed by atoms with Gasteiger partial charge < -0.3 is 9.64 Å². The van der Waals surface area contributed by atoms with E-state index in [1.807, 2.05) is 4.90 Å². The summed E-state index contributed by atoms with van der Waals surface area (Å²) >= 11 is 0. The molecule has 0 aromatic heterocycles. The number of nitrogens with zero attached hydrogens (tertiary/aromatic N) is 1. The lowest BCUT2D eigenvalue weighted by atomic mass is 10.1. The molecule has 1 heterocycles. The quantitative estimate of drug-likeness (QED) is 0.807. The summed E-state index contributed by atoms with van der Waals surface area (Å²) in [6.07, 6.45) is -4.32. The maximum Gasteiger partial charge on any atom is 0.416 e. The molecule has 0 saturated carbocycles. The van der Waals surface area contributed by atoms with Crippen molar-refractivity contribution >= 4 is 5.70 Å². The van der Waals surface area contributed by atoms with Crippen molar-refractivity contribution in [2.24, 2.45) is 0 Å². The van der Waals surface area contributed by atoms with Crippen molar-refractivity contribution in [3.8, 4) is 0 Å². The third kappa shape index (κ3) is 2.85. The molecule has 2 nitrogen and oxygen atoms in total. The van der Waals surface area contributed by atoms with Crippen LogP contribution in [0.4, 0.5) is 13.2 Å². The Morgan fingerprint density at radius 1 is 1.22 bits per heavy atom. The summed E-state index contributed by atoms with van der Waals surface area (Å²) in [5.41, 5.74) is 0.477. The van der Waals surface area contributed by atoms with Gasteiger partial charge in [-0.25, -0.2) is 0 Å². The Bertz CT molecular complexity index is 436. The predicted molar refractivity (Wildman–Crippen MR) is 62.9 cm³/mol. The fourth-order valence-corrected chi connectivity index (χ4v) is 1.89. The zero-order chi connectivity index (χ0) is 13.2. The van der Waals surface area contributed by atoms with E-state index in [0.29, 0.717) is 37.6 Å². The van der Waals surface area contributed by atoms with Crippen molar-refractivity contribution in [3.63, 3.8) is 0 Å². The molecule has 0 atom stereocenters. The van der Waals surface area contributed by atoms with Gasteiger partial charge in [0.05, 0.1) is 18.8 Å². The standard InChI is InChI=1S/C13H14F3NO/c1-10(17-5-7-18-8-6-17)11-3-2-4-12(9-11)13(14,15)16/h2-4,9H,1,5-8H2. The van der Waals surface area contributed by atoms with Gasteiger partial charge in [0.25, 0.3) is 0 Å². The van der Waals surface area contributed by atoms with Crippen LogP contribution in [-0.4, -0.2) is 31.2 Å². The number of benzene rings is 1. The molecule has 0 N–H and O–H groups in total. The second-order valence-corrected chi connectivity index (χ2v) is 4.12. The zero-order valence-corrected chi connectivity index (χ0v) is 9.83. The number of hydrogen-bond acceptors (Lipinski definition) is 2. The molecule has 1 aliphatic heterocycles. The molecule has 0 spiro atoms. The predicted octanol–water partition coefficient (Wildman–Crippen LogP) is 3.01. The molecule has 0 aliphatic carbocycles. The van der Waals surface area contributed by atoms with Crippen LogP contribution in [0.15, 0.2) is 30.8 Å². The van der Waals surface area contributed by atoms with Crippen LogP contribution in [0.5, 0.6) is 0 Å². The first-order valence-electron chi connectivity index (χ1n) is 5.68. The van der Waals surface area contributed by atoms with Gasteiger partial charge in [-0.3, -0.25) is 0 Å². The van der Waals surface area contributed by atoms with Crippen molar-refractivity contribution in [3.05, 3.63) is 42.0 Å². The number of rotatable bonds is 2. The Hall–Kier alpha value is -1.49. The summed E-state index contributed by atoms with van der Waals surface area (Å²) in [6, 6.07) is 5.25. The van der Waals surface area contributed by atoms with E-state index < -0.39 is 11.7 Å². The molecule has 0 unspecified atom stereocenters. The highest BCUT2D eigenvalue weighted by Crippen LogP contribution is 2.31. The maximum atomic E-state index is 12.6. The molecule has 18 heavy (non-hydrogen) atoms. The average Bonchev–Trinajstić information content (AvgIpc) is 2.38. The van der Waals surface area contributed by atoms with E-state index in [4.69, 9.17) is 4.74 Å². The van der Waals surface area contributed by atoms with Crippen molar-refractivity contribution in [2.75, 3.05) is 26.3 Å². The summed E-state index contributed by atoms with van der Waals surface area (Å²) in [5.74, 6) is 0. The van der Waals surface area contributed by atoms with E-state index >= 15 is 0 Å². The van der Waals surface area contributed by atoms with Gasteiger partial charge >= 0.3 is 6.18 Å². The minimum absolute atomic E-state index is 0.506. The summed E-state index contributed by atoms with van der Waals surface area (Å²) in [5, 5.41) is 0. The Morgan fingerprint density at radius 3 is 2.50 bits per heavy atom. The molecule has 1 aromatic rings. The van der Waals surface area contributed by atoms with Gasteiger partial charge in [-0.2, -0.15) is 13.2 Å². The van der Waals surface area contributed by atoms with Crippen molar-refractivity contribution in [1.82, 2.24) is 4.90 Å². The SMILES string of the molecule is C=C(c1cccc(C(F)(F)F)c1)N1CCOCC1. The van der Waals surface area contributed by atoms with Crippen LogP contribution in [0.3, 0.4) is 0 Å². The Morgan fingerprint density at radius 2 is 1.89 bits per heavy atom. The van der Waals surface area contributed by atoms with Crippen LogP contribution >= 0.6 is 0 Å². The van der Waals surface area contributed by atoms with Gasteiger partial charge in [0.15, 0.2) is 0 Å². The average molecular weight is 257 g/mol. The van der Waals surface area contributed by atoms with E-state index in [-0.39, 0.29) is 0 Å². The van der Waals surface area contributed by atoms with Gasteiger partial charge in [-0.05, 0) is 17.7 Å². The number of halogens is 3. The van der Waals surface area contributed by atoms with Gasteiger partial charge in [0.2, 0.25) is 0 Å². The second-order valence-electron chi connectivity index (χ2n) is 4.12.